The quantitative estimate of drug-likeness (QED) is 0.934. The number of aromatic nitrogens is 1. The predicted octanol–water partition coefficient (Wildman–Crippen LogP) is 3.73. The van der Waals surface area contributed by atoms with E-state index >= 15 is 0 Å². The Morgan fingerprint density at radius 1 is 1.12 bits per heavy atom. The third-order valence-corrected chi connectivity index (χ3v) is 2.65. The van der Waals surface area contributed by atoms with Crippen molar-refractivity contribution in [1.82, 2.24) is 4.98 Å². The van der Waals surface area contributed by atoms with Gasteiger partial charge in [0.25, 0.3) is 0 Å². The molecule has 0 saturated heterocycles. The van der Waals surface area contributed by atoms with E-state index in [1.165, 1.54) is 12.1 Å². The molecule has 0 amide bonds. The molecule has 2 nitrogen and oxygen atoms in total. The van der Waals surface area contributed by atoms with Crippen molar-refractivity contribution in [2.24, 2.45) is 0 Å². The van der Waals surface area contributed by atoms with Gasteiger partial charge in [-0.3, -0.25) is 0 Å². The van der Waals surface area contributed by atoms with Crippen molar-refractivity contribution in [3.05, 3.63) is 58.2 Å². The molecule has 2 aromatic rings. The molecule has 88 valence electrons. The van der Waals surface area contributed by atoms with Crippen molar-refractivity contribution in [3.63, 3.8) is 0 Å². The number of nitrogens with one attached hydrogen (secondary N) is 1. The third kappa shape index (κ3) is 3.23. The number of hydrogen-bond donors (Lipinski definition) is 1. The summed E-state index contributed by atoms with van der Waals surface area (Å²) in [4.78, 5) is 4.11. The van der Waals surface area contributed by atoms with E-state index in [0.717, 1.165) is 10.5 Å². The van der Waals surface area contributed by atoms with Gasteiger partial charge in [-0.2, -0.15) is 0 Å². The molecular formula is C12H9BrF2N2. The van der Waals surface area contributed by atoms with Gasteiger partial charge >= 0.3 is 0 Å². The van der Waals surface area contributed by atoms with Crippen molar-refractivity contribution >= 4 is 21.7 Å². The zero-order valence-corrected chi connectivity index (χ0v) is 10.3. The van der Waals surface area contributed by atoms with Crippen LogP contribution >= 0.6 is 15.9 Å². The molecule has 1 heterocycles. The fraction of sp³-hybridized carbons (Fsp3) is 0.0833. The predicted molar refractivity (Wildman–Crippen MR) is 65.6 cm³/mol. The van der Waals surface area contributed by atoms with Crippen LogP contribution < -0.4 is 5.32 Å². The Labute approximate surface area is 106 Å². The first-order valence-electron chi connectivity index (χ1n) is 4.94. The largest absolute Gasteiger partial charge is 0.366 e. The Balaban J connectivity index is 2.02. The first-order valence-corrected chi connectivity index (χ1v) is 5.74. The van der Waals surface area contributed by atoms with Crippen LogP contribution in [0.3, 0.4) is 0 Å². The topological polar surface area (TPSA) is 24.9 Å². The van der Waals surface area contributed by atoms with E-state index in [1.54, 1.807) is 12.3 Å². The van der Waals surface area contributed by atoms with Crippen LogP contribution in [-0.4, -0.2) is 4.98 Å². The van der Waals surface area contributed by atoms with Gasteiger partial charge in [-0.05, 0) is 45.8 Å². The Morgan fingerprint density at radius 3 is 2.59 bits per heavy atom. The first kappa shape index (κ1) is 12.0. The van der Waals surface area contributed by atoms with Crippen LogP contribution in [-0.2, 0) is 6.54 Å². The lowest BCUT2D eigenvalue weighted by molar-refractivity contribution is 0.507. The Kier molecular flexibility index (Phi) is 3.68. The zero-order chi connectivity index (χ0) is 12.3. The maximum Gasteiger partial charge on any atom is 0.159 e. The molecule has 0 atom stereocenters. The van der Waals surface area contributed by atoms with Crippen LogP contribution in [0.5, 0.6) is 0 Å². The Morgan fingerprint density at radius 2 is 1.94 bits per heavy atom. The maximum atomic E-state index is 12.9. The number of benzene rings is 1. The minimum absolute atomic E-state index is 0.395. The van der Waals surface area contributed by atoms with Gasteiger partial charge in [0.1, 0.15) is 5.82 Å². The summed E-state index contributed by atoms with van der Waals surface area (Å²) in [6.07, 6.45) is 1.66. The molecule has 0 aliphatic rings. The summed E-state index contributed by atoms with van der Waals surface area (Å²) in [5.74, 6) is -0.999. The monoisotopic (exact) mass is 298 g/mol. The Hall–Kier alpha value is -1.49. The molecular weight excluding hydrogens is 290 g/mol. The smallest absolute Gasteiger partial charge is 0.159 e. The number of halogens is 3. The summed E-state index contributed by atoms with van der Waals surface area (Å²) < 4.78 is 26.5. The van der Waals surface area contributed by atoms with Crippen molar-refractivity contribution in [2.75, 3.05) is 5.32 Å². The van der Waals surface area contributed by atoms with Gasteiger partial charge in [0.05, 0.1) is 0 Å². The summed E-state index contributed by atoms with van der Waals surface area (Å²) in [5, 5.41) is 3.01. The molecule has 1 aromatic carbocycles. The van der Waals surface area contributed by atoms with Crippen LogP contribution in [0.15, 0.2) is 41.0 Å². The van der Waals surface area contributed by atoms with Gasteiger partial charge in [0.15, 0.2) is 11.6 Å². The molecule has 1 N–H and O–H groups in total. The highest BCUT2D eigenvalue weighted by molar-refractivity contribution is 9.10. The molecule has 0 spiro atoms. The highest BCUT2D eigenvalue weighted by Crippen LogP contribution is 2.13. The molecule has 0 aliphatic heterocycles. The van der Waals surface area contributed by atoms with E-state index in [2.05, 4.69) is 26.2 Å². The minimum atomic E-state index is -0.840. The maximum absolute atomic E-state index is 12.9. The molecule has 0 fully saturated rings. The highest BCUT2D eigenvalue weighted by atomic mass is 79.9. The number of hydrogen-bond acceptors (Lipinski definition) is 2. The van der Waals surface area contributed by atoms with E-state index in [0.29, 0.717) is 17.9 Å². The molecule has 0 radical (unpaired) electrons. The molecule has 17 heavy (non-hydrogen) atoms. The molecule has 5 heteroatoms. The second-order valence-corrected chi connectivity index (χ2v) is 4.38. The number of rotatable bonds is 3. The second-order valence-electron chi connectivity index (χ2n) is 3.46. The Bertz CT molecular complexity index is 514. The summed E-state index contributed by atoms with van der Waals surface area (Å²) >= 11 is 3.28. The van der Waals surface area contributed by atoms with Crippen LogP contribution in [0.2, 0.25) is 0 Å². The SMILES string of the molecule is Fc1ccc(CNc2ccc(Br)cn2)cc1F. The van der Waals surface area contributed by atoms with E-state index in [1.807, 2.05) is 6.07 Å². The van der Waals surface area contributed by atoms with Crippen LogP contribution in [0.1, 0.15) is 5.56 Å². The summed E-state index contributed by atoms with van der Waals surface area (Å²) in [7, 11) is 0. The third-order valence-electron chi connectivity index (χ3n) is 2.19. The van der Waals surface area contributed by atoms with Gasteiger partial charge in [-0.15, -0.1) is 0 Å². The average molecular weight is 299 g/mol. The van der Waals surface area contributed by atoms with Crippen molar-refractivity contribution in [3.8, 4) is 0 Å². The van der Waals surface area contributed by atoms with Gasteiger partial charge in [-0.1, -0.05) is 6.07 Å². The highest BCUT2D eigenvalue weighted by Gasteiger charge is 2.02. The van der Waals surface area contributed by atoms with Gasteiger partial charge in [-0.25, -0.2) is 13.8 Å². The number of nitrogens with zero attached hydrogens (tertiary/aromatic N) is 1. The average Bonchev–Trinajstić information content (AvgIpc) is 2.33. The number of anilines is 1. The normalized spacial score (nSPS) is 10.3. The molecule has 1 aromatic heterocycles. The van der Waals surface area contributed by atoms with Crippen molar-refractivity contribution in [2.45, 2.75) is 6.54 Å². The summed E-state index contributed by atoms with van der Waals surface area (Å²) in [5.41, 5.74) is 0.661. The van der Waals surface area contributed by atoms with Gasteiger partial charge in [0, 0.05) is 17.2 Å². The van der Waals surface area contributed by atoms with Crippen LogP contribution in [0.25, 0.3) is 0 Å². The molecule has 0 saturated carbocycles. The lowest BCUT2D eigenvalue weighted by Gasteiger charge is -2.05. The zero-order valence-electron chi connectivity index (χ0n) is 8.75. The summed E-state index contributed by atoms with van der Waals surface area (Å²) in [6.45, 7) is 0.395. The lowest BCUT2D eigenvalue weighted by atomic mass is 10.2. The number of pyridine rings is 1. The minimum Gasteiger partial charge on any atom is -0.366 e. The standard InChI is InChI=1S/C12H9BrF2N2/c13-9-2-4-12(17-7-9)16-6-8-1-3-10(14)11(15)5-8/h1-5,7H,6H2,(H,16,17). The van der Waals surface area contributed by atoms with E-state index in [-0.39, 0.29) is 0 Å². The van der Waals surface area contributed by atoms with Crippen molar-refractivity contribution < 1.29 is 8.78 Å². The van der Waals surface area contributed by atoms with Crippen LogP contribution in [0, 0.1) is 11.6 Å². The molecule has 0 bridgehead atoms. The lowest BCUT2D eigenvalue weighted by Crippen LogP contribution is -2.01. The summed E-state index contributed by atoms with van der Waals surface area (Å²) in [6, 6.07) is 7.46. The van der Waals surface area contributed by atoms with E-state index in [4.69, 9.17) is 0 Å². The van der Waals surface area contributed by atoms with Gasteiger partial charge < -0.3 is 5.32 Å². The molecule has 0 aliphatic carbocycles. The van der Waals surface area contributed by atoms with Crippen molar-refractivity contribution in [1.29, 1.82) is 0 Å². The first-order chi connectivity index (χ1) is 8.15. The van der Waals surface area contributed by atoms with Gasteiger partial charge in [0.2, 0.25) is 0 Å². The fourth-order valence-electron chi connectivity index (χ4n) is 1.32. The second kappa shape index (κ2) is 5.23. The van der Waals surface area contributed by atoms with E-state index < -0.39 is 11.6 Å². The molecule has 0 unspecified atom stereocenters. The van der Waals surface area contributed by atoms with E-state index in [9.17, 15) is 8.78 Å². The van der Waals surface area contributed by atoms with Crippen LogP contribution in [0.4, 0.5) is 14.6 Å². The molecule has 2 rings (SSSR count). The fourth-order valence-corrected chi connectivity index (χ4v) is 1.56.